The molecule has 3 atom stereocenters. The first-order valence-electron chi connectivity index (χ1n) is 8.84. The number of rotatable bonds is 7. The molecule has 3 nitrogen and oxygen atoms in total. The molecule has 3 rings (SSSR count). The molecule has 0 spiro atoms. The molecule has 0 aliphatic carbocycles. The standard InChI is InChI=1S/C21H26N2O/c1-16(10-8-9-15-24)21-22-19(17-11-4-2-5-12-17)20(23-21)18-13-6-3-7-14-18/h2-7,11-14,16,19-20,24H,8-10,15H2,1H3,(H,22,23)/t16?,19-,20-/m1/s1. The summed E-state index contributed by atoms with van der Waals surface area (Å²) in [5.41, 5.74) is 2.52. The predicted octanol–water partition coefficient (Wildman–Crippen LogP) is 4.27. The number of aliphatic hydroxyl groups excluding tert-OH is 1. The molecule has 2 N–H and O–H groups in total. The third-order valence-electron chi connectivity index (χ3n) is 4.71. The lowest BCUT2D eigenvalue weighted by atomic mass is 9.95. The van der Waals surface area contributed by atoms with Crippen molar-refractivity contribution in [3.63, 3.8) is 0 Å². The lowest BCUT2D eigenvalue weighted by Crippen LogP contribution is -2.28. The van der Waals surface area contributed by atoms with Gasteiger partial charge in [-0.3, -0.25) is 4.99 Å². The van der Waals surface area contributed by atoms with Crippen molar-refractivity contribution in [2.24, 2.45) is 10.9 Å². The van der Waals surface area contributed by atoms with Crippen LogP contribution < -0.4 is 5.32 Å². The summed E-state index contributed by atoms with van der Waals surface area (Å²) in [6.45, 7) is 2.49. The van der Waals surface area contributed by atoms with Crippen LogP contribution in [0.5, 0.6) is 0 Å². The summed E-state index contributed by atoms with van der Waals surface area (Å²) < 4.78 is 0. The highest BCUT2D eigenvalue weighted by molar-refractivity contribution is 5.87. The quantitative estimate of drug-likeness (QED) is 0.748. The first-order valence-corrected chi connectivity index (χ1v) is 8.84. The number of aliphatic hydroxyl groups is 1. The van der Waals surface area contributed by atoms with Crippen molar-refractivity contribution < 1.29 is 5.11 Å². The molecule has 0 bridgehead atoms. The van der Waals surface area contributed by atoms with Gasteiger partial charge in [0.1, 0.15) is 11.9 Å². The Kier molecular flexibility index (Phi) is 5.65. The minimum absolute atomic E-state index is 0.115. The fourth-order valence-electron chi connectivity index (χ4n) is 3.31. The van der Waals surface area contributed by atoms with Crippen molar-refractivity contribution >= 4 is 5.84 Å². The Hall–Kier alpha value is -2.13. The monoisotopic (exact) mass is 322 g/mol. The largest absolute Gasteiger partial charge is 0.396 e. The number of nitrogens with one attached hydrogen (secondary N) is 1. The molecule has 2 aromatic rings. The highest BCUT2D eigenvalue weighted by Crippen LogP contribution is 2.37. The van der Waals surface area contributed by atoms with Gasteiger partial charge >= 0.3 is 0 Å². The molecule has 24 heavy (non-hydrogen) atoms. The van der Waals surface area contributed by atoms with Gasteiger partial charge in [-0.05, 0) is 24.0 Å². The van der Waals surface area contributed by atoms with Crippen molar-refractivity contribution in [2.45, 2.75) is 38.3 Å². The Morgan fingerprint density at radius 2 is 1.58 bits per heavy atom. The van der Waals surface area contributed by atoms with Gasteiger partial charge in [0.05, 0.1) is 6.04 Å². The summed E-state index contributed by atoms with van der Waals surface area (Å²) in [5, 5.41) is 12.7. The van der Waals surface area contributed by atoms with E-state index in [1.807, 2.05) is 6.07 Å². The summed E-state index contributed by atoms with van der Waals surface area (Å²) in [4.78, 5) is 5.04. The molecule has 1 unspecified atom stereocenters. The van der Waals surface area contributed by atoms with Gasteiger partial charge in [-0.15, -0.1) is 0 Å². The Labute approximate surface area is 144 Å². The zero-order valence-corrected chi connectivity index (χ0v) is 14.2. The minimum atomic E-state index is 0.115. The lowest BCUT2D eigenvalue weighted by Gasteiger charge is -2.20. The zero-order chi connectivity index (χ0) is 16.8. The summed E-state index contributed by atoms with van der Waals surface area (Å²) in [7, 11) is 0. The normalized spacial score (nSPS) is 21.2. The van der Waals surface area contributed by atoms with E-state index in [2.05, 4.69) is 66.8 Å². The van der Waals surface area contributed by atoms with Crippen LogP contribution in [0.1, 0.15) is 49.4 Å². The number of nitrogens with zero attached hydrogens (tertiary/aromatic N) is 1. The van der Waals surface area contributed by atoms with Crippen LogP contribution in [-0.2, 0) is 0 Å². The van der Waals surface area contributed by atoms with Gasteiger partial charge in [0, 0.05) is 12.5 Å². The Morgan fingerprint density at radius 3 is 2.21 bits per heavy atom. The Bertz CT molecular complexity index is 654. The van der Waals surface area contributed by atoms with Gasteiger partial charge in [0.25, 0.3) is 0 Å². The molecular weight excluding hydrogens is 296 g/mol. The van der Waals surface area contributed by atoms with Crippen LogP contribution in [0.4, 0.5) is 0 Å². The van der Waals surface area contributed by atoms with Gasteiger partial charge in [0.15, 0.2) is 0 Å². The summed E-state index contributed by atoms with van der Waals surface area (Å²) in [5.74, 6) is 1.48. The van der Waals surface area contributed by atoms with Crippen LogP contribution in [-0.4, -0.2) is 17.5 Å². The second-order valence-corrected chi connectivity index (χ2v) is 6.52. The SMILES string of the molecule is CC(CCCCO)C1=N[C@H](c2ccccc2)[C@@H](c2ccccc2)N1. The van der Waals surface area contributed by atoms with Crippen molar-refractivity contribution in [3.8, 4) is 0 Å². The number of benzene rings is 2. The maximum Gasteiger partial charge on any atom is 0.101 e. The van der Waals surface area contributed by atoms with Crippen LogP contribution >= 0.6 is 0 Å². The maximum absolute atomic E-state index is 8.98. The highest BCUT2D eigenvalue weighted by atomic mass is 16.2. The summed E-state index contributed by atoms with van der Waals surface area (Å²) >= 11 is 0. The second-order valence-electron chi connectivity index (χ2n) is 6.52. The van der Waals surface area contributed by atoms with E-state index in [-0.39, 0.29) is 18.7 Å². The first kappa shape index (κ1) is 16.7. The highest BCUT2D eigenvalue weighted by Gasteiger charge is 2.32. The molecular formula is C21H26N2O. The van der Waals surface area contributed by atoms with Gasteiger partial charge in [-0.1, -0.05) is 74.0 Å². The van der Waals surface area contributed by atoms with Gasteiger partial charge in [0.2, 0.25) is 0 Å². The molecule has 0 saturated carbocycles. The van der Waals surface area contributed by atoms with Crippen LogP contribution in [0.25, 0.3) is 0 Å². The summed E-state index contributed by atoms with van der Waals surface area (Å²) in [6, 6.07) is 21.4. The molecule has 1 aliphatic rings. The third-order valence-corrected chi connectivity index (χ3v) is 4.71. The van der Waals surface area contributed by atoms with Gasteiger partial charge in [-0.25, -0.2) is 0 Å². The van der Waals surface area contributed by atoms with E-state index in [1.54, 1.807) is 0 Å². The lowest BCUT2D eigenvalue weighted by molar-refractivity contribution is 0.281. The van der Waals surface area contributed by atoms with Gasteiger partial charge in [-0.2, -0.15) is 0 Å². The topological polar surface area (TPSA) is 44.6 Å². The first-order chi connectivity index (χ1) is 11.8. The number of hydrogen-bond acceptors (Lipinski definition) is 3. The van der Waals surface area contributed by atoms with E-state index in [1.165, 1.54) is 11.1 Å². The molecule has 0 fully saturated rings. The molecule has 0 aromatic heterocycles. The van der Waals surface area contributed by atoms with Crippen LogP contribution in [0.3, 0.4) is 0 Å². The zero-order valence-electron chi connectivity index (χ0n) is 14.2. The molecule has 3 heteroatoms. The van der Waals surface area contributed by atoms with E-state index >= 15 is 0 Å². The average molecular weight is 322 g/mol. The van der Waals surface area contributed by atoms with E-state index in [0.29, 0.717) is 5.92 Å². The van der Waals surface area contributed by atoms with Crippen molar-refractivity contribution in [3.05, 3.63) is 71.8 Å². The number of unbranched alkanes of at least 4 members (excludes halogenated alkanes) is 1. The maximum atomic E-state index is 8.98. The Balaban J connectivity index is 1.82. The van der Waals surface area contributed by atoms with Crippen molar-refractivity contribution in [1.29, 1.82) is 0 Å². The molecule has 0 amide bonds. The molecule has 0 saturated heterocycles. The predicted molar refractivity (Wildman–Crippen MR) is 99.0 cm³/mol. The van der Waals surface area contributed by atoms with E-state index in [4.69, 9.17) is 10.1 Å². The fraction of sp³-hybridized carbons (Fsp3) is 0.381. The third kappa shape index (κ3) is 3.85. The van der Waals surface area contributed by atoms with Crippen molar-refractivity contribution in [1.82, 2.24) is 5.32 Å². The molecule has 1 aliphatic heterocycles. The van der Waals surface area contributed by atoms with Crippen molar-refractivity contribution in [2.75, 3.05) is 6.61 Å². The Morgan fingerprint density at radius 1 is 0.958 bits per heavy atom. The number of aliphatic imine (C=N–C) groups is 1. The van der Waals surface area contributed by atoms with Crippen LogP contribution in [0.15, 0.2) is 65.7 Å². The van der Waals surface area contributed by atoms with E-state index in [9.17, 15) is 0 Å². The fourth-order valence-corrected chi connectivity index (χ4v) is 3.31. The second kappa shape index (κ2) is 8.11. The number of amidine groups is 1. The summed E-state index contributed by atoms with van der Waals surface area (Å²) in [6.07, 6.45) is 2.95. The molecule has 0 radical (unpaired) electrons. The van der Waals surface area contributed by atoms with E-state index < -0.39 is 0 Å². The van der Waals surface area contributed by atoms with Crippen LogP contribution in [0.2, 0.25) is 0 Å². The molecule has 126 valence electrons. The van der Waals surface area contributed by atoms with Crippen LogP contribution in [0, 0.1) is 5.92 Å². The van der Waals surface area contributed by atoms with Gasteiger partial charge < -0.3 is 10.4 Å². The minimum Gasteiger partial charge on any atom is -0.396 e. The average Bonchev–Trinajstić information content (AvgIpc) is 3.09. The van der Waals surface area contributed by atoms with E-state index in [0.717, 1.165) is 25.1 Å². The molecule has 1 heterocycles. The smallest absolute Gasteiger partial charge is 0.101 e. The molecule has 2 aromatic carbocycles. The number of hydrogen-bond donors (Lipinski definition) is 2.